The number of nitrogens with zero attached hydrogens (tertiary/aromatic N) is 1. The number of pyridine rings is 1. The maximum atomic E-state index is 5.43. The predicted molar refractivity (Wildman–Crippen MR) is 51.1 cm³/mol. The molecule has 0 spiro atoms. The lowest BCUT2D eigenvalue weighted by molar-refractivity contribution is 0.823. The third kappa shape index (κ3) is 2.75. The highest BCUT2D eigenvalue weighted by Crippen LogP contribution is 2.05. The van der Waals surface area contributed by atoms with Gasteiger partial charge in [0, 0.05) is 13.1 Å². The van der Waals surface area contributed by atoms with Gasteiger partial charge in [0.05, 0.1) is 11.9 Å². The molecule has 12 heavy (non-hydrogen) atoms. The molecule has 0 bridgehead atoms. The Morgan fingerprint density at radius 1 is 1.42 bits per heavy atom. The summed E-state index contributed by atoms with van der Waals surface area (Å²) >= 11 is 0. The second-order valence-electron chi connectivity index (χ2n) is 2.50. The van der Waals surface area contributed by atoms with Gasteiger partial charge in [0.25, 0.3) is 0 Å². The van der Waals surface area contributed by atoms with Crippen molar-refractivity contribution in [2.45, 2.75) is 0 Å². The summed E-state index contributed by atoms with van der Waals surface area (Å²) in [5.74, 6) is 0.550. The van der Waals surface area contributed by atoms with Crippen LogP contribution < -0.4 is 16.4 Å². The molecule has 4 N–H and O–H groups in total. The average Bonchev–Trinajstić information content (AvgIpc) is 2.09. The van der Waals surface area contributed by atoms with E-state index in [0.717, 1.165) is 18.8 Å². The van der Waals surface area contributed by atoms with Crippen molar-refractivity contribution in [2.24, 2.45) is 0 Å². The van der Waals surface area contributed by atoms with Crippen molar-refractivity contribution in [3.05, 3.63) is 18.3 Å². The number of anilines is 2. The van der Waals surface area contributed by atoms with Crippen LogP contribution in [-0.2, 0) is 0 Å². The number of aromatic nitrogens is 1. The second kappa shape index (κ2) is 4.56. The van der Waals surface area contributed by atoms with Gasteiger partial charge in [0.15, 0.2) is 0 Å². The quantitative estimate of drug-likeness (QED) is 0.563. The van der Waals surface area contributed by atoms with Gasteiger partial charge in [-0.05, 0) is 19.2 Å². The Morgan fingerprint density at radius 3 is 2.83 bits per heavy atom. The predicted octanol–water partition coefficient (Wildman–Crippen LogP) is 0.295. The molecule has 0 amide bonds. The van der Waals surface area contributed by atoms with E-state index in [1.54, 1.807) is 12.3 Å². The molecule has 0 unspecified atom stereocenters. The van der Waals surface area contributed by atoms with Crippen LogP contribution in [0.25, 0.3) is 0 Å². The maximum Gasteiger partial charge on any atom is 0.123 e. The molecule has 0 atom stereocenters. The number of hydrogen-bond acceptors (Lipinski definition) is 4. The summed E-state index contributed by atoms with van der Waals surface area (Å²) in [5, 5.41) is 6.23. The van der Waals surface area contributed by atoms with Gasteiger partial charge in [-0.15, -0.1) is 0 Å². The molecule has 1 aromatic heterocycles. The summed E-state index contributed by atoms with van der Waals surface area (Å²) < 4.78 is 0. The number of nitrogen functional groups attached to an aromatic ring is 1. The van der Waals surface area contributed by atoms with E-state index in [9.17, 15) is 0 Å². The highest BCUT2D eigenvalue weighted by molar-refractivity contribution is 5.45. The van der Waals surface area contributed by atoms with E-state index in [0.29, 0.717) is 5.82 Å². The van der Waals surface area contributed by atoms with Gasteiger partial charge in [0.2, 0.25) is 0 Å². The van der Waals surface area contributed by atoms with E-state index in [1.807, 2.05) is 13.1 Å². The van der Waals surface area contributed by atoms with E-state index in [2.05, 4.69) is 15.6 Å². The van der Waals surface area contributed by atoms with Gasteiger partial charge >= 0.3 is 0 Å². The van der Waals surface area contributed by atoms with Crippen LogP contribution in [0.15, 0.2) is 18.3 Å². The van der Waals surface area contributed by atoms with Crippen molar-refractivity contribution in [1.29, 1.82) is 0 Å². The summed E-state index contributed by atoms with van der Waals surface area (Å²) in [5.41, 5.74) is 6.43. The van der Waals surface area contributed by atoms with Crippen molar-refractivity contribution >= 4 is 11.5 Å². The van der Waals surface area contributed by atoms with Crippen LogP contribution in [0.4, 0.5) is 11.5 Å². The Labute approximate surface area is 72.2 Å². The SMILES string of the molecule is CNCCNc1ccc(N)nc1. The molecule has 0 saturated heterocycles. The Hall–Kier alpha value is -1.29. The van der Waals surface area contributed by atoms with Crippen LogP contribution in [0, 0.1) is 0 Å². The first-order chi connectivity index (χ1) is 5.83. The van der Waals surface area contributed by atoms with Gasteiger partial charge in [-0.2, -0.15) is 0 Å². The van der Waals surface area contributed by atoms with Crippen LogP contribution in [0.1, 0.15) is 0 Å². The molecule has 0 radical (unpaired) electrons. The third-order valence-corrected chi connectivity index (χ3v) is 1.49. The zero-order valence-electron chi connectivity index (χ0n) is 7.17. The minimum atomic E-state index is 0.550. The molecule has 66 valence electrons. The van der Waals surface area contributed by atoms with Crippen LogP contribution in [-0.4, -0.2) is 25.1 Å². The van der Waals surface area contributed by atoms with Crippen LogP contribution in [0.3, 0.4) is 0 Å². The van der Waals surface area contributed by atoms with Crippen molar-refractivity contribution < 1.29 is 0 Å². The van der Waals surface area contributed by atoms with Gasteiger partial charge in [0.1, 0.15) is 5.82 Å². The van der Waals surface area contributed by atoms with Crippen LogP contribution in [0.2, 0.25) is 0 Å². The maximum absolute atomic E-state index is 5.43. The largest absolute Gasteiger partial charge is 0.384 e. The first-order valence-corrected chi connectivity index (χ1v) is 3.93. The van der Waals surface area contributed by atoms with Crippen LogP contribution >= 0.6 is 0 Å². The lowest BCUT2D eigenvalue weighted by Crippen LogP contribution is -2.17. The van der Waals surface area contributed by atoms with Crippen molar-refractivity contribution in [3.63, 3.8) is 0 Å². The molecule has 1 rings (SSSR count). The summed E-state index contributed by atoms with van der Waals surface area (Å²) in [7, 11) is 1.92. The zero-order chi connectivity index (χ0) is 8.81. The number of nitrogens with two attached hydrogens (primary N) is 1. The number of nitrogens with one attached hydrogen (secondary N) is 2. The molecule has 0 fully saturated rings. The Morgan fingerprint density at radius 2 is 2.25 bits per heavy atom. The fourth-order valence-electron chi connectivity index (χ4n) is 0.842. The zero-order valence-corrected chi connectivity index (χ0v) is 7.17. The van der Waals surface area contributed by atoms with Crippen LogP contribution in [0.5, 0.6) is 0 Å². The number of hydrogen-bond donors (Lipinski definition) is 3. The fraction of sp³-hybridized carbons (Fsp3) is 0.375. The van der Waals surface area contributed by atoms with E-state index in [1.165, 1.54) is 0 Å². The standard InChI is InChI=1S/C8H14N4/c1-10-4-5-11-7-2-3-8(9)12-6-7/h2-3,6,10-11H,4-5H2,1H3,(H2,9,12). The Kier molecular flexibility index (Phi) is 3.35. The first kappa shape index (κ1) is 8.80. The molecule has 4 heteroatoms. The molecular weight excluding hydrogens is 152 g/mol. The molecule has 0 aliphatic rings. The smallest absolute Gasteiger partial charge is 0.123 e. The van der Waals surface area contributed by atoms with Crippen molar-refractivity contribution in [1.82, 2.24) is 10.3 Å². The normalized spacial score (nSPS) is 9.75. The highest BCUT2D eigenvalue weighted by atomic mass is 14.9. The summed E-state index contributed by atoms with van der Waals surface area (Å²) in [6.07, 6.45) is 1.73. The molecule has 4 nitrogen and oxygen atoms in total. The van der Waals surface area contributed by atoms with E-state index >= 15 is 0 Å². The van der Waals surface area contributed by atoms with E-state index in [-0.39, 0.29) is 0 Å². The highest BCUT2D eigenvalue weighted by Gasteiger charge is 1.90. The summed E-state index contributed by atoms with van der Waals surface area (Å²) in [6.45, 7) is 1.83. The summed E-state index contributed by atoms with van der Waals surface area (Å²) in [4.78, 5) is 3.95. The Bertz CT molecular complexity index is 219. The average molecular weight is 166 g/mol. The monoisotopic (exact) mass is 166 g/mol. The molecule has 0 aliphatic carbocycles. The van der Waals surface area contributed by atoms with Gasteiger partial charge in [-0.1, -0.05) is 0 Å². The number of rotatable bonds is 4. The molecule has 1 aromatic rings. The lowest BCUT2D eigenvalue weighted by atomic mass is 10.4. The number of likely N-dealkylation sites (N-methyl/N-ethyl adjacent to an activating group) is 1. The second-order valence-corrected chi connectivity index (χ2v) is 2.50. The van der Waals surface area contributed by atoms with Gasteiger partial charge < -0.3 is 16.4 Å². The lowest BCUT2D eigenvalue weighted by Gasteiger charge is -2.04. The van der Waals surface area contributed by atoms with Gasteiger partial charge in [-0.3, -0.25) is 0 Å². The third-order valence-electron chi connectivity index (χ3n) is 1.49. The first-order valence-electron chi connectivity index (χ1n) is 3.93. The van der Waals surface area contributed by atoms with Crippen molar-refractivity contribution in [3.8, 4) is 0 Å². The topological polar surface area (TPSA) is 63.0 Å². The van der Waals surface area contributed by atoms with Crippen molar-refractivity contribution in [2.75, 3.05) is 31.2 Å². The summed E-state index contributed by atoms with van der Waals surface area (Å²) in [6, 6.07) is 3.69. The molecule has 0 aliphatic heterocycles. The molecule has 0 saturated carbocycles. The van der Waals surface area contributed by atoms with Gasteiger partial charge in [-0.25, -0.2) is 4.98 Å². The molecule has 0 aromatic carbocycles. The molecule has 1 heterocycles. The molecular formula is C8H14N4. The van der Waals surface area contributed by atoms with E-state index < -0.39 is 0 Å². The minimum Gasteiger partial charge on any atom is -0.384 e. The minimum absolute atomic E-state index is 0.550. The Balaban J connectivity index is 2.37. The van der Waals surface area contributed by atoms with E-state index in [4.69, 9.17) is 5.73 Å². The fourth-order valence-corrected chi connectivity index (χ4v) is 0.842.